The highest BCUT2D eigenvalue weighted by Crippen LogP contribution is 2.38. The van der Waals surface area contributed by atoms with Crippen LogP contribution >= 0.6 is 0 Å². The molecular weight excluding hydrogens is 204 g/mol. The molecular formula is C13H18O3. The van der Waals surface area contributed by atoms with E-state index in [1.165, 1.54) is 18.7 Å². The second kappa shape index (κ2) is 4.92. The fraction of sp³-hybridized carbons (Fsp3) is 0.385. The van der Waals surface area contributed by atoms with Crippen molar-refractivity contribution in [3.05, 3.63) is 28.8 Å². The van der Waals surface area contributed by atoms with Crippen molar-refractivity contribution in [2.24, 2.45) is 0 Å². The van der Waals surface area contributed by atoms with Gasteiger partial charge in [0, 0.05) is 11.6 Å². The normalized spacial score (nSPS) is 10.0. The van der Waals surface area contributed by atoms with Crippen molar-refractivity contribution in [1.29, 1.82) is 0 Å². The maximum atomic E-state index is 9.94. The van der Waals surface area contributed by atoms with Crippen LogP contribution in [0.4, 0.5) is 0 Å². The molecule has 0 unspecified atom stereocenters. The van der Waals surface area contributed by atoms with Crippen molar-refractivity contribution in [3.8, 4) is 17.2 Å². The van der Waals surface area contributed by atoms with E-state index in [4.69, 9.17) is 4.74 Å². The molecule has 16 heavy (non-hydrogen) atoms. The number of phenols is 2. The van der Waals surface area contributed by atoms with Crippen LogP contribution < -0.4 is 4.74 Å². The van der Waals surface area contributed by atoms with E-state index in [1.807, 2.05) is 19.9 Å². The molecule has 0 aliphatic rings. The predicted octanol–water partition coefficient (Wildman–Crippen LogP) is 2.92. The van der Waals surface area contributed by atoms with E-state index in [1.54, 1.807) is 6.92 Å². The Bertz CT molecular complexity index is 416. The molecule has 0 spiro atoms. The first kappa shape index (κ1) is 12.4. The molecule has 1 aromatic rings. The fourth-order valence-corrected chi connectivity index (χ4v) is 1.49. The Morgan fingerprint density at radius 3 is 2.50 bits per heavy atom. The maximum Gasteiger partial charge on any atom is 0.164 e. The second-order valence-corrected chi connectivity index (χ2v) is 4.04. The van der Waals surface area contributed by atoms with E-state index in [0.717, 1.165) is 0 Å². The van der Waals surface area contributed by atoms with E-state index in [9.17, 15) is 10.2 Å². The van der Waals surface area contributed by atoms with Crippen LogP contribution in [-0.2, 0) is 6.42 Å². The van der Waals surface area contributed by atoms with Gasteiger partial charge >= 0.3 is 0 Å². The van der Waals surface area contributed by atoms with Crippen LogP contribution in [-0.4, -0.2) is 17.3 Å². The minimum atomic E-state index is 0.107. The molecule has 1 rings (SSSR count). The third-order valence-electron chi connectivity index (χ3n) is 2.56. The minimum absolute atomic E-state index is 0.107. The summed E-state index contributed by atoms with van der Waals surface area (Å²) in [5, 5.41) is 19.6. The molecule has 0 fully saturated rings. The number of phenolic OH excluding ortho intramolecular Hbond substituents is 2. The van der Waals surface area contributed by atoms with Gasteiger partial charge in [-0.2, -0.15) is 0 Å². The molecule has 0 saturated carbocycles. The first-order valence-corrected chi connectivity index (χ1v) is 5.19. The van der Waals surface area contributed by atoms with Crippen molar-refractivity contribution >= 4 is 0 Å². The van der Waals surface area contributed by atoms with Gasteiger partial charge in [-0.25, -0.2) is 0 Å². The van der Waals surface area contributed by atoms with E-state index in [0.29, 0.717) is 23.3 Å². The van der Waals surface area contributed by atoms with E-state index < -0.39 is 0 Å². The number of methoxy groups -OCH3 is 1. The van der Waals surface area contributed by atoms with E-state index in [2.05, 4.69) is 0 Å². The van der Waals surface area contributed by atoms with Crippen LogP contribution in [0.25, 0.3) is 0 Å². The highest BCUT2D eigenvalue weighted by atomic mass is 16.5. The van der Waals surface area contributed by atoms with E-state index >= 15 is 0 Å². The fourth-order valence-electron chi connectivity index (χ4n) is 1.49. The molecule has 3 nitrogen and oxygen atoms in total. The van der Waals surface area contributed by atoms with Crippen molar-refractivity contribution in [2.45, 2.75) is 27.2 Å². The summed E-state index contributed by atoms with van der Waals surface area (Å²) in [5.41, 5.74) is 2.56. The monoisotopic (exact) mass is 222 g/mol. The molecule has 0 radical (unpaired) electrons. The highest BCUT2D eigenvalue weighted by molar-refractivity contribution is 5.56. The summed E-state index contributed by atoms with van der Waals surface area (Å²) in [5.74, 6) is 0.558. The standard InChI is InChI=1S/C13H18O3/c1-8(2)5-6-10-9(3)11(14)7-12(16-4)13(10)15/h5,7,14-15H,6H2,1-4H3. The van der Waals surface area contributed by atoms with Gasteiger partial charge < -0.3 is 14.9 Å². The third-order valence-corrected chi connectivity index (χ3v) is 2.56. The second-order valence-electron chi connectivity index (χ2n) is 4.04. The number of rotatable bonds is 3. The van der Waals surface area contributed by atoms with Gasteiger partial charge in [0.25, 0.3) is 0 Å². The van der Waals surface area contributed by atoms with Crippen LogP contribution in [0.3, 0.4) is 0 Å². The third kappa shape index (κ3) is 2.48. The molecule has 1 aromatic carbocycles. The first-order valence-electron chi connectivity index (χ1n) is 5.19. The molecule has 0 amide bonds. The van der Waals surface area contributed by atoms with E-state index in [-0.39, 0.29) is 11.5 Å². The summed E-state index contributed by atoms with van der Waals surface area (Å²) < 4.78 is 5.00. The topological polar surface area (TPSA) is 49.7 Å². The Labute approximate surface area is 96.0 Å². The summed E-state index contributed by atoms with van der Waals surface area (Å²) in [4.78, 5) is 0. The number of aromatic hydroxyl groups is 2. The first-order chi connectivity index (χ1) is 7.47. The Morgan fingerprint density at radius 1 is 1.38 bits per heavy atom. The molecule has 88 valence electrons. The van der Waals surface area contributed by atoms with Gasteiger partial charge in [-0.05, 0) is 32.8 Å². The van der Waals surface area contributed by atoms with Crippen molar-refractivity contribution in [1.82, 2.24) is 0 Å². The number of ether oxygens (including phenoxy) is 1. The van der Waals surface area contributed by atoms with Crippen molar-refractivity contribution in [2.75, 3.05) is 7.11 Å². The largest absolute Gasteiger partial charge is 0.508 e. The molecule has 3 heteroatoms. The van der Waals surface area contributed by atoms with Crippen LogP contribution in [0.2, 0.25) is 0 Å². The van der Waals surface area contributed by atoms with Crippen molar-refractivity contribution in [3.63, 3.8) is 0 Å². The van der Waals surface area contributed by atoms with Crippen LogP contribution in [0, 0.1) is 6.92 Å². The quantitative estimate of drug-likeness (QED) is 0.610. The summed E-state index contributed by atoms with van der Waals surface area (Å²) >= 11 is 0. The van der Waals surface area contributed by atoms with Gasteiger partial charge in [0.2, 0.25) is 0 Å². The summed E-state index contributed by atoms with van der Waals surface area (Å²) in [6, 6.07) is 1.43. The Kier molecular flexibility index (Phi) is 3.82. The van der Waals surface area contributed by atoms with Gasteiger partial charge in [0.15, 0.2) is 11.5 Å². The lowest BCUT2D eigenvalue weighted by Gasteiger charge is -2.12. The zero-order chi connectivity index (χ0) is 12.3. The SMILES string of the molecule is COc1cc(O)c(C)c(CC=C(C)C)c1O. The summed E-state index contributed by atoms with van der Waals surface area (Å²) in [7, 11) is 1.47. The molecule has 0 aliphatic heterocycles. The minimum Gasteiger partial charge on any atom is -0.508 e. The summed E-state index contributed by atoms with van der Waals surface area (Å²) in [6.45, 7) is 5.77. The van der Waals surface area contributed by atoms with Gasteiger partial charge in [-0.1, -0.05) is 11.6 Å². The maximum absolute atomic E-state index is 9.94. The zero-order valence-corrected chi connectivity index (χ0v) is 10.2. The molecule has 2 N–H and O–H groups in total. The number of benzene rings is 1. The lowest BCUT2D eigenvalue weighted by Crippen LogP contribution is -1.93. The van der Waals surface area contributed by atoms with Gasteiger partial charge in [-0.15, -0.1) is 0 Å². The highest BCUT2D eigenvalue weighted by Gasteiger charge is 2.13. The predicted molar refractivity (Wildman–Crippen MR) is 64.2 cm³/mol. The Morgan fingerprint density at radius 2 is 2.00 bits per heavy atom. The average Bonchev–Trinajstić information content (AvgIpc) is 2.23. The average molecular weight is 222 g/mol. The summed E-state index contributed by atoms with van der Waals surface area (Å²) in [6.07, 6.45) is 2.59. The number of hydrogen-bond donors (Lipinski definition) is 2. The van der Waals surface area contributed by atoms with Gasteiger partial charge in [0.1, 0.15) is 5.75 Å². The zero-order valence-electron chi connectivity index (χ0n) is 10.2. The lowest BCUT2D eigenvalue weighted by molar-refractivity contribution is 0.365. The smallest absolute Gasteiger partial charge is 0.164 e. The van der Waals surface area contributed by atoms with Crippen LogP contribution in [0.5, 0.6) is 17.2 Å². The van der Waals surface area contributed by atoms with Crippen molar-refractivity contribution < 1.29 is 14.9 Å². The molecule has 0 saturated heterocycles. The molecule has 0 bridgehead atoms. The Hall–Kier alpha value is -1.64. The number of allylic oxidation sites excluding steroid dienone is 2. The van der Waals surface area contributed by atoms with Gasteiger partial charge in [-0.3, -0.25) is 0 Å². The molecule has 0 aliphatic carbocycles. The van der Waals surface area contributed by atoms with Crippen LogP contribution in [0.15, 0.2) is 17.7 Å². The molecule has 0 heterocycles. The molecule has 0 aromatic heterocycles. The van der Waals surface area contributed by atoms with Crippen LogP contribution in [0.1, 0.15) is 25.0 Å². The number of hydrogen-bond acceptors (Lipinski definition) is 3. The molecule has 0 atom stereocenters. The lowest BCUT2D eigenvalue weighted by atomic mass is 10.0. The Balaban J connectivity index is 3.24. The van der Waals surface area contributed by atoms with Gasteiger partial charge in [0.05, 0.1) is 7.11 Å².